The van der Waals surface area contributed by atoms with Crippen LogP contribution in [0, 0.1) is 0 Å². The molecule has 0 fully saturated rings. The van der Waals surface area contributed by atoms with Crippen molar-refractivity contribution in [2.24, 2.45) is 0 Å². The first-order chi connectivity index (χ1) is 16.4. The Hall–Kier alpha value is -1.87. The normalized spacial score (nSPS) is 12.2. The van der Waals surface area contributed by atoms with Gasteiger partial charge in [-0.1, -0.05) is 43.0 Å². The quantitative estimate of drug-likeness (QED) is 0.195. The topological polar surface area (TPSA) is 99.0 Å². The Bertz CT molecular complexity index is 1070. The van der Waals surface area contributed by atoms with Crippen LogP contribution < -0.4 is 14.2 Å². The molecule has 2 N–H and O–H groups in total. The van der Waals surface area contributed by atoms with Gasteiger partial charge in [0.1, 0.15) is 0 Å². The molecule has 7 nitrogen and oxygen atoms in total. The van der Waals surface area contributed by atoms with E-state index in [-0.39, 0.29) is 45.9 Å². The zero-order valence-electron chi connectivity index (χ0n) is 19.7. The van der Waals surface area contributed by atoms with Gasteiger partial charge >= 0.3 is 0 Å². The van der Waals surface area contributed by atoms with Gasteiger partial charge in [-0.2, -0.15) is 0 Å². The average molecular weight is 688 g/mol. The van der Waals surface area contributed by atoms with Crippen LogP contribution in [0.25, 0.3) is 5.32 Å². The van der Waals surface area contributed by atoms with E-state index in [2.05, 4.69) is 23.2 Å². The molecule has 0 bridgehead atoms. The van der Waals surface area contributed by atoms with Gasteiger partial charge < -0.3 is 19.9 Å². The molecule has 1 aliphatic heterocycles. The van der Waals surface area contributed by atoms with Gasteiger partial charge in [0, 0.05) is 27.6 Å². The number of para-hydroxylation sites is 1. The molecule has 1 heterocycles. The zero-order valence-corrected chi connectivity index (χ0v) is 24.2. The van der Waals surface area contributed by atoms with Crippen molar-refractivity contribution in [3.8, 4) is 11.5 Å². The molecular weight excluding hydrogens is 656 g/mol. The van der Waals surface area contributed by atoms with Crippen molar-refractivity contribution >= 4 is 21.8 Å². The molecule has 2 aromatic rings. The Kier molecular flexibility index (Phi) is 14.9. The van der Waals surface area contributed by atoms with Gasteiger partial charge in [0.05, 0.1) is 11.5 Å². The maximum Gasteiger partial charge on any atom is 0.240 e. The number of aliphatic hydroxyl groups is 1. The van der Waals surface area contributed by atoms with E-state index in [0.717, 1.165) is 34.6 Å². The van der Waals surface area contributed by atoms with Crippen molar-refractivity contribution in [3.63, 3.8) is 0 Å². The molecule has 0 unspecified atom stereocenters. The van der Waals surface area contributed by atoms with Crippen molar-refractivity contribution < 1.29 is 44.1 Å². The fourth-order valence-electron chi connectivity index (χ4n) is 2.91. The number of nitrogens with one attached hydrogen (secondary N) is 1. The van der Waals surface area contributed by atoms with Gasteiger partial charge in [-0.3, -0.25) is 0 Å². The molecule has 0 aromatic heterocycles. The van der Waals surface area contributed by atoms with Gasteiger partial charge in [0.25, 0.3) is 0 Å². The van der Waals surface area contributed by atoms with Crippen molar-refractivity contribution in [1.82, 2.24) is 4.72 Å². The molecule has 1 aliphatic rings. The molecule has 0 spiro atoms. The van der Waals surface area contributed by atoms with E-state index < -0.39 is 10.0 Å². The molecule has 35 heavy (non-hydrogen) atoms. The van der Waals surface area contributed by atoms with Crippen molar-refractivity contribution in [1.29, 1.82) is 0 Å². The van der Waals surface area contributed by atoms with E-state index >= 15 is 0 Å². The monoisotopic (exact) mass is 687 g/mol. The van der Waals surface area contributed by atoms with Crippen LogP contribution in [0.5, 0.6) is 11.5 Å². The number of benzene rings is 2. The standard InChI is InChI=1S/C19H21N2O4S.C6H10OS.W/c1-2-11-21-26(22,23)17-8-6-15(7-9-17)10-12-20-13-16-4-3-5-18-19(16)25-14-24-18;1-3-6(4-7)5-8-2;/h2-9,21H,1,10-14H2;3,5,7H,1,4H2,2H3;/q-1;;/b;6-5+;. The number of fused-ring (bicyclic) bond motifs is 1. The summed E-state index contributed by atoms with van der Waals surface area (Å²) in [6.07, 6.45) is 5.84. The van der Waals surface area contributed by atoms with Gasteiger partial charge in [-0.05, 0) is 53.0 Å². The van der Waals surface area contributed by atoms with E-state index in [9.17, 15) is 8.42 Å². The second kappa shape index (κ2) is 16.7. The summed E-state index contributed by atoms with van der Waals surface area (Å²) in [5.74, 6) is 1.54. The summed E-state index contributed by atoms with van der Waals surface area (Å²) in [6.45, 7) is 8.77. The fourth-order valence-corrected chi connectivity index (χ4v) is 4.38. The summed E-state index contributed by atoms with van der Waals surface area (Å²) < 4.78 is 37.3. The first-order valence-corrected chi connectivity index (χ1v) is 13.4. The van der Waals surface area contributed by atoms with E-state index in [4.69, 9.17) is 14.6 Å². The third-order valence-corrected chi connectivity index (χ3v) is 6.66. The third kappa shape index (κ3) is 10.3. The van der Waals surface area contributed by atoms with Crippen LogP contribution in [-0.2, 0) is 44.1 Å². The number of hydrogen-bond acceptors (Lipinski definition) is 6. The molecule has 0 radical (unpaired) electrons. The average Bonchev–Trinajstić information content (AvgIpc) is 3.34. The maximum atomic E-state index is 12.0. The van der Waals surface area contributed by atoms with E-state index in [1.54, 1.807) is 30.0 Å². The Morgan fingerprint density at radius 3 is 2.54 bits per heavy atom. The molecule has 0 atom stereocenters. The van der Waals surface area contributed by atoms with Crippen molar-refractivity contribution in [3.05, 3.63) is 95.2 Å². The van der Waals surface area contributed by atoms with Crippen molar-refractivity contribution in [2.75, 3.05) is 32.7 Å². The predicted molar refractivity (Wildman–Crippen MR) is 139 cm³/mol. The largest absolute Gasteiger partial charge is 0.658 e. The number of nitrogens with zero attached hydrogens (tertiary/aromatic N) is 1. The molecule has 10 heteroatoms. The first-order valence-electron chi connectivity index (χ1n) is 10.6. The summed E-state index contributed by atoms with van der Waals surface area (Å²) in [4.78, 5) is 0.247. The van der Waals surface area contributed by atoms with Crippen molar-refractivity contribution in [2.45, 2.75) is 17.9 Å². The minimum Gasteiger partial charge on any atom is -0.658 e. The summed E-state index contributed by atoms with van der Waals surface area (Å²) in [5.41, 5.74) is 2.92. The van der Waals surface area contributed by atoms with Crippen LogP contribution in [0.15, 0.2) is 83.7 Å². The van der Waals surface area contributed by atoms with Gasteiger partial charge in [0.2, 0.25) is 16.8 Å². The van der Waals surface area contributed by atoms with Gasteiger partial charge in [0.15, 0.2) is 11.5 Å². The van der Waals surface area contributed by atoms with E-state index in [0.29, 0.717) is 13.1 Å². The number of thioether (sulfide) groups is 1. The Labute approximate surface area is 227 Å². The molecule has 0 amide bonds. The number of hydrogen-bond donors (Lipinski definition) is 2. The third-order valence-electron chi connectivity index (χ3n) is 4.68. The van der Waals surface area contributed by atoms with Crippen LogP contribution in [0.3, 0.4) is 0 Å². The molecule has 2 aromatic carbocycles. The molecule has 3 rings (SSSR count). The first kappa shape index (κ1) is 31.2. The van der Waals surface area contributed by atoms with E-state index in [1.165, 1.54) is 6.08 Å². The minimum absolute atomic E-state index is 0. The van der Waals surface area contributed by atoms with E-state index in [1.807, 2.05) is 42.0 Å². The molecule has 0 saturated heterocycles. The second-order valence-corrected chi connectivity index (χ2v) is 9.56. The Morgan fingerprint density at radius 2 is 1.94 bits per heavy atom. The van der Waals surface area contributed by atoms with Crippen LogP contribution >= 0.6 is 11.8 Å². The zero-order chi connectivity index (χ0) is 24.8. The van der Waals surface area contributed by atoms with Crippen LogP contribution in [0.2, 0.25) is 0 Å². The number of ether oxygens (including phenoxy) is 2. The summed E-state index contributed by atoms with van der Waals surface area (Å²) >= 11 is 1.57. The summed E-state index contributed by atoms with van der Waals surface area (Å²) in [7, 11) is -3.48. The number of rotatable bonds is 12. The minimum atomic E-state index is -3.48. The van der Waals surface area contributed by atoms with Crippen LogP contribution in [-0.4, -0.2) is 46.3 Å². The smallest absolute Gasteiger partial charge is 0.240 e. The second-order valence-electron chi connectivity index (χ2n) is 7.08. The van der Waals surface area contributed by atoms with Crippen LogP contribution in [0.4, 0.5) is 0 Å². The predicted octanol–water partition coefficient (Wildman–Crippen LogP) is 4.41. The number of aliphatic hydroxyl groups excluding tert-OH is 1. The molecule has 190 valence electrons. The Morgan fingerprint density at radius 1 is 1.20 bits per heavy atom. The Balaban J connectivity index is 0.000000590. The van der Waals surface area contributed by atoms with Crippen LogP contribution in [0.1, 0.15) is 11.1 Å². The molecular formula is C25H31N2O5S2W-. The van der Waals surface area contributed by atoms with Gasteiger partial charge in [-0.25, -0.2) is 13.1 Å². The summed E-state index contributed by atoms with van der Waals surface area (Å²) in [6, 6.07) is 12.6. The summed E-state index contributed by atoms with van der Waals surface area (Å²) in [5, 5.41) is 14.9. The molecule has 0 aliphatic carbocycles. The SMILES string of the molecule is C=C/C(=C\SC)CO.C=CCNS(=O)(=O)c1ccc(CC[N-]Cc2cccc3c2OCO3)cc1.[W]. The molecule has 0 saturated carbocycles. The fraction of sp³-hybridized carbons (Fsp3) is 0.280. The van der Waals surface area contributed by atoms with Gasteiger partial charge in [-0.15, -0.1) is 31.4 Å². The maximum absolute atomic E-state index is 12.0. The number of sulfonamides is 1.